The van der Waals surface area contributed by atoms with Crippen molar-refractivity contribution in [2.75, 3.05) is 12.0 Å². The van der Waals surface area contributed by atoms with Crippen LogP contribution >= 0.6 is 15.9 Å². The number of rotatable bonds is 6. The third kappa shape index (κ3) is 5.02. The Labute approximate surface area is 205 Å². The Hall–Kier alpha value is -3.91. The van der Waals surface area contributed by atoms with E-state index in [1.807, 2.05) is 37.3 Å². The van der Waals surface area contributed by atoms with Gasteiger partial charge in [-0.3, -0.25) is 14.9 Å². The van der Waals surface area contributed by atoms with Crippen LogP contribution in [-0.2, 0) is 16.2 Å². The van der Waals surface area contributed by atoms with Gasteiger partial charge in [0.1, 0.15) is 23.7 Å². The number of nitrogens with zero attached hydrogens (tertiary/aromatic N) is 1. The molecule has 0 bridgehead atoms. The van der Waals surface area contributed by atoms with Gasteiger partial charge in [0.15, 0.2) is 0 Å². The molecule has 0 aliphatic carbocycles. The average molecular weight is 521 g/mol. The molecule has 0 radical (unpaired) electrons. The van der Waals surface area contributed by atoms with Gasteiger partial charge in [0.2, 0.25) is 0 Å². The lowest BCUT2D eigenvalue weighted by molar-refractivity contribution is -0.122. The Kier molecular flexibility index (Phi) is 6.79. The number of amides is 4. The molecule has 1 heterocycles. The summed E-state index contributed by atoms with van der Waals surface area (Å²) in [6.45, 7) is 2.12. The van der Waals surface area contributed by atoms with Crippen molar-refractivity contribution in [3.63, 3.8) is 0 Å². The van der Waals surface area contributed by atoms with Gasteiger partial charge < -0.3 is 9.47 Å². The predicted octanol–water partition coefficient (Wildman–Crippen LogP) is 5.01. The average Bonchev–Trinajstić information content (AvgIpc) is 2.81. The first kappa shape index (κ1) is 23.3. The van der Waals surface area contributed by atoms with Crippen molar-refractivity contribution in [1.29, 1.82) is 0 Å². The van der Waals surface area contributed by atoms with Crippen LogP contribution in [0.25, 0.3) is 6.08 Å². The second kappa shape index (κ2) is 9.93. The number of imide groups is 2. The summed E-state index contributed by atoms with van der Waals surface area (Å²) < 4.78 is 12.3. The summed E-state index contributed by atoms with van der Waals surface area (Å²) in [5, 5.41) is 2.24. The molecule has 3 aromatic carbocycles. The molecule has 1 fully saturated rings. The summed E-state index contributed by atoms with van der Waals surface area (Å²) >= 11 is 3.41. The van der Waals surface area contributed by atoms with Crippen LogP contribution in [0.15, 0.2) is 76.8 Å². The standard InChI is InChI=1S/C26H21BrN2O5/c1-16-4-3-5-20(12-16)29-25(31)22(24(30)28-26(29)32)13-18-8-11-21(33-2)14-23(18)34-15-17-6-9-19(27)10-7-17/h3-14H,15H2,1-2H3,(H,28,30,32)/b22-13+. The molecule has 4 rings (SSSR count). The number of hydrogen-bond acceptors (Lipinski definition) is 5. The zero-order valence-electron chi connectivity index (χ0n) is 18.5. The first-order chi connectivity index (χ1) is 16.4. The molecule has 0 spiro atoms. The quantitative estimate of drug-likeness (QED) is 0.364. The largest absolute Gasteiger partial charge is 0.497 e. The molecule has 0 saturated carbocycles. The van der Waals surface area contributed by atoms with Crippen molar-refractivity contribution in [2.24, 2.45) is 0 Å². The van der Waals surface area contributed by atoms with E-state index in [0.29, 0.717) is 22.7 Å². The molecule has 34 heavy (non-hydrogen) atoms. The molecule has 1 aliphatic rings. The lowest BCUT2D eigenvalue weighted by Gasteiger charge is -2.26. The number of methoxy groups -OCH3 is 1. The Morgan fingerprint density at radius 2 is 1.76 bits per heavy atom. The van der Waals surface area contributed by atoms with Crippen molar-refractivity contribution in [1.82, 2.24) is 5.32 Å². The van der Waals surface area contributed by atoms with E-state index < -0.39 is 17.8 Å². The molecule has 3 aromatic rings. The lowest BCUT2D eigenvalue weighted by atomic mass is 10.1. The van der Waals surface area contributed by atoms with Crippen LogP contribution in [0.2, 0.25) is 0 Å². The van der Waals surface area contributed by atoms with Crippen molar-refractivity contribution >= 4 is 45.5 Å². The minimum absolute atomic E-state index is 0.181. The van der Waals surface area contributed by atoms with Crippen LogP contribution in [0.4, 0.5) is 10.5 Å². The summed E-state index contributed by atoms with van der Waals surface area (Å²) in [4.78, 5) is 39.2. The lowest BCUT2D eigenvalue weighted by Crippen LogP contribution is -2.54. The molecule has 8 heteroatoms. The molecular formula is C26H21BrN2O5. The second-order valence-corrected chi connectivity index (χ2v) is 8.53. The fourth-order valence-corrected chi connectivity index (χ4v) is 3.71. The topological polar surface area (TPSA) is 84.9 Å². The summed E-state index contributed by atoms with van der Waals surface area (Å²) in [6, 6.07) is 18.9. The Bertz CT molecular complexity index is 1300. The number of carbonyl (C=O) groups is 3. The van der Waals surface area contributed by atoms with Gasteiger partial charge in [-0.25, -0.2) is 9.69 Å². The molecule has 1 aliphatic heterocycles. The van der Waals surface area contributed by atoms with Crippen LogP contribution in [0.3, 0.4) is 0 Å². The molecule has 1 saturated heterocycles. The van der Waals surface area contributed by atoms with Gasteiger partial charge in [-0.05, 0) is 60.5 Å². The van der Waals surface area contributed by atoms with Crippen LogP contribution in [-0.4, -0.2) is 25.0 Å². The highest BCUT2D eigenvalue weighted by atomic mass is 79.9. The number of ether oxygens (including phenoxy) is 2. The Morgan fingerprint density at radius 1 is 1.00 bits per heavy atom. The Balaban J connectivity index is 1.68. The molecule has 172 valence electrons. The minimum Gasteiger partial charge on any atom is -0.497 e. The molecular weight excluding hydrogens is 500 g/mol. The van der Waals surface area contributed by atoms with Crippen molar-refractivity contribution < 1.29 is 23.9 Å². The van der Waals surface area contributed by atoms with Gasteiger partial charge in [0.25, 0.3) is 11.8 Å². The first-order valence-electron chi connectivity index (χ1n) is 10.4. The van der Waals surface area contributed by atoms with Crippen LogP contribution in [0, 0.1) is 6.92 Å². The Morgan fingerprint density at radius 3 is 2.47 bits per heavy atom. The number of hydrogen-bond donors (Lipinski definition) is 1. The SMILES string of the molecule is COc1ccc(/C=C2\C(=O)NC(=O)N(c3cccc(C)c3)C2=O)c(OCc2ccc(Br)cc2)c1. The van der Waals surface area contributed by atoms with Crippen molar-refractivity contribution in [2.45, 2.75) is 13.5 Å². The van der Waals surface area contributed by atoms with E-state index >= 15 is 0 Å². The van der Waals surface area contributed by atoms with Crippen molar-refractivity contribution in [3.8, 4) is 11.5 Å². The summed E-state index contributed by atoms with van der Waals surface area (Å²) in [7, 11) is 1.54. The monoisotopic (exact) mass is 520 g/mol. The van der Waals surface area contributed by atoms with Gasteiger partial charge >= 0.3 is 6.03 Å². The second-order valence-electron chi connectivity index (χ2n) is 7.62. The predicted molar refractivity (Wildman–Crippen MR) is 132 cm³/mol. The third-order valence-electron chi connectivity index (χ3n) is 5.19. The van der Waals surface area contributed by atoms with Crippen molar-refractivity contribution in [3.05, 3.63) is 93.5 Å². The molecule has 1 N–H and O–H groups in total. The minimum atomic E-state index is -0.792. The summed E-state index contributed by atoms with van der Waals surface area (Å²) in [5.41, 5.74) is 2.50. The van der Waals surface area contributed by atoms with E-state index in [1.54, 1.807) is 36.4 Å². The van der Waals surface area contributed by atoms with Crippen LogP contribution in [0.5, 0.6) is 11.5 Å². The van der Waals surface area contributed by atoms with Gasteiger partial charge in [-0.2, -0.15) is 0 Å². The third-order valence-corrected chi connectivity index (χ3v) is 5.72. The summed E-state index contributed by atoms with van der Waals surface area (Å²) in [5.74, 6) is -0.499. The molecule has 0 atom stereocenters. The number of urea groups is 1. The van der Waals surface area contributed by atoms with E-state index in [0.717, 1.165) is 20.5 Å². The molecule has 0 unspecified atom stereocenters. The normalized spacial score (nSPS) is 14.9. The maximum Gasteiger partial charge on any atom is 0.335 e. The van der Waals surface area contributed by atoms with E-state index in [1.165, 1.54) is 13.2 Å². The number of carbonyl (C=O) groups excluding carboxylic acids is 3. The fourth-order valence-electron chi connectivity index (χ4n) is 3.44. The zero-order chi connectivity index (χ0) is 24.2. The van der Waals surface area contributed by atoms with Gasteiger partial charge in [0, 0.05) is 16.1 Å². The first-order valence-corrected chi connectivity index (χ1v) is 11.2. The number of halogens is 1. The summed E-state index contributed by atoms with van der Waals surface area (Å²) in [6.07, 6.45) is 1.42. The maximum absolute atomic E-state index is 13.2. The van der Waals surface area contributed by atoms with E-state index in [-0.39, 0.29) is 12.2 Å². The number of barbiturate groups is 1. The van der Waals surface area contributed by atoms with Gasteiger partial charge in [-0.15, -0.1) is 0 Å². The highest BCUT2D eigenvalue weighted by Gasteiger charge is 2.37. The van der Waals surface area contributed by atoms with Gasteiger partial charge in [0.05, 0.1) is 12.8 Å². The van der Waals surface area contributed by atoms with Crippen LogP contribution < -0.4 is 19.7 Å². The van der Waals surface area contributed by atoms with Crippen LogP contribution in [0.1, 0.15) is 16.7 Å². The highest BCUT2D eigenvalue weighted by molar-refractivity contribution is 9.10. The maximum atomic E-state index is 13.2. The fraction of sp³-hybridized carbons (Fsp3) is 0.115. The number of benzene rings is 3. The molecule has 7 nitrogen and oxygen atoms in total. The molecule has 0 aromatic heterocycles. The van der Waals surface area contributed by atoms with E-state index in [2.05, 4.69) is 21.2 Å². The number of nitrogens with one attached hydrogen (secondary N) is 1. The smallest absolute Gasteiger partial charge is 0.335 e. The van der Waals surface area contributed by atoms with Gasteiger partial charge in [-0.1, -0.05) is 40.2 Å². The number of aryl methyl sites for hydroxylation is 1. The highest BCUT2D eigenvalue weighted by Crippen LogP contribution is 2.30. The molecule has 4 amide bonds. The zero-order valence-corrected chi connectivity index (χ0v) is 20.1. The number of anilines is 1. The van der Waals surface area contributed by atoms with E-state index in [9.17, 15) is 14.4 Å². The van der Waals surface area contributed by atoms with E-state index in [4.69, 9.17) is 9.47 Å².